The average molecular weight is 253 g/mol. The Kier molecular flexibility index (Phi) is 3.09. The second-order valence-electron chi connectivity index (χ2n) is 5.30. The second kappa shape index (κ2) is 4.60. The smallest absolute Gasteiger partial charge is 0.233 e. The lowest BCUT2D eigenvalue weighted by atomic mass is 9.95. The van der Waals surface area contributed by atoms with E-state index in [-0.39, 0.29) is 12.0 Å². The van der Waals surface area contributed by atoms with Crippen LogP contribution in [0.2, 0.25) is 0 Å². The quantitative estimate of drug-likeness (QED) is 0.844. The van der Waals surface area contributed by atoms with E-state index < -0.39 is 5.60 Å². The molecule has 1 aromatic rings. The molecule has 0 aliphatic carbocycles. The Bertz CT molecular complexity index is 414. The molecule has 0 aromatic carbocycles. The van der Waals surface area contributed by atoms with Crippen molar-refractivity contribution in [1.82, 2.24) is 10.1 Å². The third-order valence-corrected chi connectivity index (χ3v) is 3.83. The minimum absolute atomic E-state index is 0.0124. The molecular formula is C12H19N3O3. The first-order chi connectivity index (χ1) is 8.69. The zero-order valence-corrected chi connectivity index (χ0v) is 10.6. The molecule has 0 bridgehead atoms. The number of ether oxygens (including phenoxy) is 2. The van der Waals surface area contributed by atoms with Gasteiger partial charge in [-0.25, -0.2) is 0 Å². The molecule has 6 nitrogen and oxygen atoms in total. The first kappa shape index (κ1) is 12.1. The Hall–Kier alpha value is -0.980. The van der Waals surface area contributed by atoms with E-state index in [4.69, 9.17) is 19.7 Å². The van der Waals surface area contributed by atoms with Crippen molar-refractivity contribution in [3.05, 3.63) is 11.7 Å². The lowest BCUT2D eigenvalue weighted by Crippen LogP contribution is -2.31. The fourth-order valence-electron chi connectivity index (χ4n) is 2.54. The highest BCUT2D eigenvalue weighted by molar-refractivity contribution is 5.06. The van der Waals surface area contributed by atoms with Crippen molar-refractivity contribution < 1.29 is 14.0 Å². The minimum Gasteiger partial charge on any atom is -0.379 e. The van der Waals surface area contributed by atoms with E-state index in [1.54, 1.807) is 0 Å². The molecule has 2 saturated heterocycles. The molecule has 2 fully saturated rings. The van der Waals surface area contributed by atoms with Crippen LogP contribution in [-0.4, -0.2) is 36.0 Å². The topological polar surface area (TPSA) is 83.4 Å². The van der Waals surface area contributed by atoms with Gasteiger partial charge in [0.2, 0.25) is 11.7 Å². The van der Waals surface area contributed by atoms with Crippen LogP contribution >= 0.6 is 0 Å². The minimum atomic E-state index is -0.413. The van der Waals surface area contributed by atoms with Crippen molar-refractivity contribution in [2.75, 3.05) is 19.8 Å². The average Bonchev–Trinajstić information content (AvgIpc) is 2.98. The van der Waals surface area contributed by atoms with Crippen LogP contribution in [0.4, 0.5) is 0 Å². The highest BCUT2D eigenvalue weighted by Crippen LogP contribution is 2.34. The molecule has 3 unspecified atom stereocenters. The van der Waals surface area contributed by atoms with E-state index in [2.05, 4.69) is 10.1 Å². The Balaban J connectivity index is 1.80. The standard InChI is InChI=1S/C12H19N3O3/c1-12(4-2-3-5-17-12)11-14-10(18-15-11)8-6-16-7-9(8)13/h8-9H,2-7,13H2,1H3. The summed E-state index contributed by atoms with van der Waals surface area (Å²) in [7, 11) is 0. The van der Waals surface area contributed by atoms with Crippen LogP contribution in [0.5, 0.6) is 0 Å². The molecule has 3 rings (SSSR count). The monoisotopic (exact) mass is 253 g/mol. The van der Waals surface area contributed by atoms with Gasteiger partial charge < -0.3 is 19.7 Å². The van der Waals surface area contributed by atoms with Crippen molar-refractivity contribution in [1.29, 1.82) is 0 Å². The van der Waals surface area contributed by atoms with E-state index in [9.17, 15) is 0 Å². The number of aromatic nitrogens is 2. The summed E-state index contributed by atoms with van der Waals surface area (Å²) >= 11 is 0. The van der Waals surface area contributed by atoms with E-state index in [1.165, 1.54) is 0 Å². The van der Waals surface area contributed by atoms with E-state index in [1.807, 2.05) is 6.92 Å². The molecule has 3 heterocycles. The van der Waals surface area contributed by atoms with Gasteiger partial charge in [-0.05, 0) is 26.2 Å². The number of hydrogen-bond donors (Lipinski definition) is 1. The number of nitrogens with two attached hydrogens (primary N) is 1. The van der Waals surface area contributed by atoms with Crippen LogP contribution in [-0.2, 0) is 15.1 Å². The molecule has 2 N–H and O–H groups in total. The van der Waals surface area contributed by atoms with Crippen LogP contribution in [0.25, 0.3) is 0 Å². The molecule has 0 saturated carbocycles. The van der Waals surface area contributed by atoms with Crippen molar-refractivity contribution in [2.24, 2.45) is 5.73 Å². The van der Waals surface area contributed by atoms with Gasteiger partial charge in [-0.15, -0.1) is 0 Å². The van der Waals surface area contributed by atoms with Gasteiger partial charge in [0.1, 0.15) is 5.60 Å². The van der Waals surface area contributed by atoms with Gasteiger partial charge in [0.25, 0.3) is 0 Å². The zero-order valence-electron chi connectivity index (χ0n) is 10.6. The Morgan fingerprint density at radius 2 is 2.22 bits per heavy atom. The number of nitrogens with zero attached hydrogens (tertiary/aromatic N) is 2. The van der Waals surface area contributed by atoms with Crippen molar-refractivity contribution in [3.8, 4) is 0 Å². The SMILES string of the molecule is CC1(c2noc(C3COCC3N)n2)CCCCO1. The summed E-state index contributed by atoms with van der Waals surface area (Å²) in [6, 6.07) is -0.0571. The lowest BCUT2D eigenvalue weighted by Gasteiger charge is -2.30. The zero-order chi connectivity index (χ0) is 12.6. The molecule has 18 heavy (non-hydrogen) atoms. The van der Waals surface area contributed by atoms with Crippen molar-refractivity contribution in [3.63, 3.8) is 0 Å². The molecule has 2 aliphatic heterocycles. The van der Waals surface area contributed by atoms with Gasteiger partial charge in [0.05, 0.1) is 19.1 Å². The molecule has 2 aliphatic rings. The summed E-state index contributed by atoms with van der Waals surface area (Å²) in [5, 5.41) is 4.07. The molecule has 1 aromatic heterocycles. The molecular weight excluding hydrogens is 234 g/mol. The van der Waals surface area contributed by atoms with E-state index in [0.29, 0.717) is 24.9 Å². The van der Waals surface area contributed by atoms with Crippen LogP contribution < -0.4 is 5.73 Å². The fourth-order valence-corrected chi connectivity index (χ4v) is 2.54. The van der Waals surface area contributed by atoms with Gasteiger partial charge in [-0.1, -0.05) is 5.16 Å². The third-order valence-electron chi connectivity index (χ3n) is 3.83. The predicted octanol–water partition coefficient (Wildman–Crippen LogP) is 0.926. The van der Waals surface area contributed by atoms with Crippen LogP contribution in [0.1, 0.15) is 43.8 Å². The van der Waals surface area contributed by atoms with E-state index >= 15 is 0 Å². The summed E-state index contributed by atoms with van der Waals surface area (Å²) in [6.45, 7) is 3.88. The van der Waals surface area contributed by atoms with Gasteiger partial charge >= 0.3 is 0 Å². The second-order valence-corrected chi connectivity index (χ2v) is 5.30. The molecule has 3 atom stereocenters. The van der Waals surface area contributed by atoms with Crippen LogP contribution in [0.3, 0.4) is 0 Å². The molecule has 0 spiro atoms. The van der Waals surface area contributed by atoms with Gasteiger partial charge in [-0.2, -0.15) is 4.98 Å². The maximum Gasteiger partial charge on any atom is 0.233 e. The van der Waals surface area contributed by atoms with Gasteiger partial charge in [-0.3, -0.25) is 0 Å². The maximum absolute atomic E-state index is 5.95. The highest BCUT2D eigenvalue weighted by atomic mass is 16.5. The Labute approximate surface area is 106 Å². The highest BCUT2D eigenvalue weighted by Gasteiger charge is 2.37. The number of hydrogen-bond acceptors (Lipinski definition) is 6. The summed E-state index contributed by atoms with van der Waals surface area (Å²) in [6.07, 6.45) is 3.16. The number of rotatable bonds is 2. The summed E-state index contributed by atoms with van der Waals surface area (Å²) in [4.78, 5) is 4.48. The molecule has 0 radical (unpaired) electrons. The lowest BCUT2D eigenvalue weighted by molar-refractivity contribution is -0.0770. The van der Waals surface area contributed by atoms with Crippen molar-refractivity contribution >= 4 is 0 Å². The summed E-state index contributed by atoms with van der Waals surface area (Å²) < 4.78 is 16.5. The Morgan fingerprint density at radius 3 is 2.89 bits per heavy atom. The molecule has 0 amide bonds. The first-order valence-electron chi connectivity index (χ1n) is 6.50. The normalized spacial score (nSPS) is 37.0. The first-order valence-corrected chi connectivity index (χ1v) is 6.50. The predicted molar refractivity (Wildman–Crippen MR) is 63.0 cm³/mol. The maximum atomic E-state index is 5.95. The van der Waals surface area contributed by atoms with Gasteiger partial charge in [0, 0.05) is 12.6 Å². The van der Waals surface area contributed by atoms with Crippen LogP contribution in [0.15, 0.2) is 4.52 Å². The molecule has 100 valence electrons. The van der Waals surface area contributed by atoms with Crippen molar-refractivity contribution in [2.45, 2.75) is 43.7 Å². The fraction of sp³-hybridized carbons (Fsp3) is 0.833. The van der Waals surface area contributed by atoms with E-state index in [0.717, 1.165) is 25.9 Å². The Morgan fingerprint density at radius 1 is 1.33 bits per heavy atom. The largest absolute Gasteiger partial charge is 0.379 e. The van der Waals surface area contributed by atoms with Gasteiger partial charge in [0.15, 0.2) is 0 Å². The molecule has 6 heteroatoms. The summed E-state index contributed by atoms with van der Waals surface area (Å²) in [5.41, 5.74) is 5.53. The third kappa shape index (κ3) is 2.04. The summed E-state index contributed by atoms with van der Waals surface area (Å²) in [5.74, 6) is 1.22. The van der Waals surface area contributed by atoms with Crippen LogP contribution in [0, 0.1) is 0 Å².